The Morgan fingerprint density at radius 2 is 1.82 bits per heavy atom. The summed E-state index contributed by atoms with van der Waals surface area (Å²) in [7, 11) is 0. The largest absolute Gasteiger partial charge is 0.341 e. The van der Waals surface area contributed by atoms with Crippen molar-refractivity contribution >= 4 is 11.8 Å². The number of nitrogens with zero attached hydrogens (tertiary/aromatic N) is 3. The van der Waals surface area contributed by atoms with Crippen LogP contribution in [-0.4, -0.2) is 58.0 Å². The van der Waals surface area contributed by atoms with E-state index in [1.807, 2.05) is 13.0 Å². The molecule has 2 heterocycles. The number of likely N-dealkylation sites (N-methyl/N-ethyl adjacent to an activating group) is 1. The van der Waals surface area contributed by atoms with E-state index >= 15 is 0 Å². The summed E-state index contributed by atoms with van der Waals surface area (Å²) in [5, 5.41) is 6.18. The maximum atomic E-state index is 13.2. The first-order valence-electron chi connectivity index (χ1n) is 11.2. The average Bonchev–Trinajstić information content (AvgIpc) is 2.98. The second kappa shape index (κ2) is 9.81. The van der Waals surface area contributed by atoms with Gasteiger partial charge in [-0.1, -0.05) is 54.1 Å². The molecule has 1 N–H and O–H groups in total. The average molecular weight is 445 g/mol. The lowest BCUT2D eigenvalue weighted by Crippen LogP contribution is -2.38. The van der Waals surface area contributed by atoms with Gasteiger partial charge in [-0.2, -0.15) is 5.10 Å². The normalized spacial score (nSPS) is 16.5. The molecule has 33 heavy (non-hydrogen) atoms. The number of aromatic amines is 1. The summed E-state index contributed by atoms with van der Waals surface area (Å²) in [5.41, 5.74) is 4.37. The molecule has 7 nitrogen and oxygen atoms in total. The lowest BCUT2D eigenvalue weighted by atomic mass is 9.95. The van der Waals surface area contributed by atoms with Crippen LogP contribution in [0.15, 0.2) is 65.5 Å². The Morgan fingerprint density at radius 1 is 1.03 bits per heavy atom. The molecule has 1 aromatic heterocycles. The molecule has 1 fully saturated rings. The van der Waals surface area contributed by atoms with Crippen molar-refractivity contribution in [2.75, 3.05) is 26.2 Å². The fraction of sp³-hybridized carbons (Fsp3) is 0.308. The predicted octanol–water partition coefficient (Wildman–Crippen LogP) is 2.91. The standard InChI is InChI=1S/C26H28N4O3/c1-3-29-13-14-30(26(33)23-11-12-24(31)28-27-23)17-22(25(29)32)16-19-7-9-20(10-8-19)21-6-4-5-18(2)15-21/h4-12,15,22H,3,13-14,16-17H2,1-2H3,(H,28,31)/t22-/m1/s1. The minimum absolute atomic E-state index is 0.0602. The Hall–Kier alpha value is -3.74. The Morgan fingerprint density at radius 3 is 2.48 bits per heavy atom. The van der Waals surface area contributed by atoms with Gasteiger partial charge in [0.2, 0.25) is 5.91 Å². The Balaban J connectivity index is 1.53. The van der Waals surface area contributed by atoms with Crippen molar-refractivity contribution in [3.8, 4) is 11.1 Å². The highest BCUT2D eigenvalue weighted by Crippen LogP contribution is 2.23. The smallest absolute Gasteiger partial charge is 0.274 e. The molecule has 7 heteroatoms. The van der Waals surface area contributed by atoms with Gasteiger partial charge in [0.15, 0.2) is 0 Å². The fourth-order valence-corrected chi connectivity index (χ4v) is 4.26. The predicted molar refractivity (Wildman–Crippen MR) is 127 cm³/mol. The number of aromatic nitrogens is 2. The van der Waals surface area contributed by atoms with Crippen molar-refractivity contribution in [2.45, 2.75) is 20.3 Å². The van der Waals surface area contributed by atoms with Crippen LogP contribution in [0.25, 0.3) is 11.1 Å². The van der Waals surface area contributed by atoms with Crippen molar-refractivity contribution in [1.29, 1.82) is 0 Å². The van der Waals surface area contributed by atoms with Crippen LogP contribution in [0.2, 0.25) is 0 Å². The van der Waals surface area contributed by atoms with Crippen molar-refractivity contribution in [3.05, 3.63) is 87.8 Å². The van der Waals surface area contributed by atoms with Gasteiger partial charge in [0, 0.05) is 32.2 Å². The summed E-state index contributed by atoms with van der Waals surface area (Å²) >= 11 is 0. The number of carbonyl (C=O) groups excluding carboxylic acids is 2. The molecule has 3 aromatic rings. The zero-order valence-corrected chi connectivity index (χ0v) is 19.0. The van der Waals surface area contributed by atoms with Crippen LogP contribution in [0.5, 0.6) is 0 Å². The Kier molecular flexibility index (Phi) is 6.68. The highest BCUT2D eigenvalue weighted by atomic mass is 16.2. The number of nitrogens with one attached hydrogen (secondary N) is 1. The first kappa shape index (κ1) is 22.5. The van der Waals surface area contributed by atoms with Crippen molar-refractivity contribution in [1.82, 2.24) is 20.0 Å². The molecular weight excluding hydrogens is 416 g/mol. The molecule has 0 radical (unpaired) electrons. The molecule has 0 aliphatic carbocycles. The zero-order chi connectivity index (χ0) is 23.4. The van der Waals surface area contributed by atoms with E-state index in [-0.39, 0.29) is 29.0 Å². The lowest BCUT2D eigenvalue weighted by molar-refractivity contribution is -0.134. The molecule has 1 aliphatic heterocycles. The van der Waals surface area contributed by atoms with Gasteiger partial charge in [-0.25, -0.2) is 5.10 Å². The topological polar surface area (TPSA) is 86.4 Å². The number of H-pyrrole nitrogens is 1. The van der Waals surface area contributed by atoms with Crippen LogP contribution in [0.3, 0.4) is 0 Å². The Labute approximate surface area is 193 Å². The summed E-state index contributed by atoms with van der Waals surface area (Å²) in [6.45, 7) is 5.85. The van der Waals surface area contributed by atoms with Crippen LogP contribution in [0.4, 0.5) is 0 Å². The third-order valence-corrected chi connectivity index (χ3v) is 6.10. The van der Waals surface area contributed by atoms with Gasteiger partial charge < -0.3 is 9.80 Å². The van der Waals surface area contributed by atoms with E-state index in [9.17, 15) is 14.4 Å². The maximum Gasteiger partial charge on any atom is 0.274 e. The molecule has 0 bridgehead atoms. The third-order valence-electron chi connectivity index (χ3n) is 6.10. The number of amides is 2. The number of hydrogen-bond donors (Lipinski definition) is 1. The van der Waals surface area contributed by atoms with Crippen LogP contribution < -0.4 is 5.56 Å². The summed E-state index contributed by atoms with van der Waals surface area (Å²) < 4.78 is 0. The number of rotatable bonds is 5. The second-order valence-electron chi connectivity index (χ2n) is 8.44. The summed E-state index contributed by atoms with van der Waals surface area (Å²) in [5.74, 6) is -0.564. The molecule has 0 saturated carbocycles. The molecule has 1 saturated heterocycles. The SMILES string of the molecule is CCN1CCN(C(=O)c2ccc(=O)[nH]n2)C[C@@H](Cc2ccc(-c3cccc(C)c3)cc2)C1=O. The summed E-state index contributed by atoms with van der Waals surface area (Å²) in [6, 6.07) is 19.3. The number of carbonyl (C=O) groups is 2. The van der Waals surface area contributed by atoms with Crippen molar-refractivity contribution in [2.24, 2.45) is 5.92 Å². The van der Waals surface area contributed by atoms with Crippen molar-refractivity contribution in [3.63, 3.8) is 0 Å². The third kappa shape index (κ3) is 5.19. The number of benzene rings is 2. The molecule has 0 unspecified atom stereocenters. The molecule has 170 valence electrons. The molecular formula is C26H28N4O3. The van der Waals surface area contributed by atoms with Gasteiger partial charge in [0.1, 0.15) is 5.69 Å². The van der Waals surface area contributed by atoms with Gasteiger partial charge in [0.05, 0.1) is 5.92 Å². The van der Waals surface area contributed by atoms with E-state index in [4.69, 9.17) is 0 Å². The number of hydrogen-bond acceptors (Lipinski definition) is 4. The maximum absolute atomic E-state index is 13.2. The fourth-order valence-electron chi connectivity index (χ4n) is 4.26. The lowest BCUT2D eigenvalue weighted by Gasteiger charge is -2.23. The van der Waals surface area contributed by atoms with E-state index in [2.05, 4.69) is 59.6 Å². The zero-order valence-electron chi connectivity index (χ0n) is 19.0. The highest BCUT2D eigenvalue weighted by Gasteiger charge is 2.32. The minimum Gasteiger partial charge on any atom is -0.341 e. The molecule has 0 spiro atoms. The minimum atomic E-state index is -0.360. The summed E-state index contributed by atoms with van der Waals surface area (Å²) in [6.07, 6.45) is 0.548. The monoisotopic (exact) mass is 444 g/mol. The van der Waals surface area contributed by atoms with E-state index in [0.29, 0.717) is 32.6 Å². The number of aryl methyl sites for hydroxylation is 1. The van der Waals surface area contributed by atoms with E-state index < -0.39 is 0 Å². The molecule has 1 atom stereocenters. The molecule has 1 aliphatic rings. The van der Waals surface area contributed by atoms with Crippen LogP contribution in [0, 0.1) is 12.8 Å². The highest BCUT2D eigenvalue weighted by molar-refractivity contribution is 5.93. The van der Waals surface area contributed by atoms with E-state index in [0.717, 1.165) is 16.7 Å². The van der Waals surface area contributed by atoms with Crippen molar-refractivity contribution < 1.29 is 9.59 Å². The van der Waals surface area contributed by atoms with Gasteiger partial charge >= 0.3 is 0 Å². The molecule has 2 amide bonds. The van der Waals surface area contributed by atoms with E-state index in [1.165, 1.54) is 17.7 Å². The first-order chi connectivity index (χ1) is 15.9. The van der Waals surface area contributed by atoms with Crippen LogP contribution >= 0.6 is 0 Å². The van der Waals surface area contributed by atoms with Crippen LogP contribution in [-0.2, 0) is 11.2 Å². The first-order valence-corrected chi connectivity index (χ1v) is 11.2. The van der Waals surface area contributed by atoms with Gasteiger partial charge in [0.25, 0.3) is 11.5 Å². The molecule has 4 rings (SSSR count). The molecule has 2 aromatic carbocycles. The van der Waals surface area contributed by atoms with Crippen LogP contribution in [0.1, 0.15) is 28.5 Å². The van der Waals surface area contributed by atoms with E-state index in [1.54, 1.807) is 9.80 Å². The van der Waals surface area contributed by atoms with Gasteiger partial charge in [-0.15, -0.1) is 0 Å². The van der Waals surface area contributed by atoms with Gasteiger partial charge in [-0.05, 0) is 43.0 Å². The summed E-state index contributed by atoms with van der Waals surface area (Å²) in [4.78, 5) is 40.9. The van der Waals surface area contributed by atoms with Gasteiger partial charge in [-0.3, -0.25) is 14.4 Å². The Bertz CT molecular complexity index is 1180. The second-order valence-corrected chi connectivity index (χ2v) is 8.44. The quantitative estimate of drug-likeness (QED) is 0.656.